The van der Waals surface area contributed by atoms with E-state index >= 15 is 0 Å². The minimum absolute atomic E-state index is 0.0207. The molecular weight excluding hydrogens is 358 g/mol. The van der Waals surface area contributed by atoms with Crippen molar-refractivity contribution >= 4 is 46.1 Å². The molecule has 2 aromatic rings. The van der Waals surface area contributed by atoms with Gasteiger partial charge in [-0.3, -0.25) is 14.4 Å². The highest BCUT2D eigenvalue weighted by molar-refractivity contribution is 7.14. The van der Waals surface area contributed by atoms with Crippen molar-refractivity contribution in [3.05, 3.63) is 50.7 Å². The smallest absolute Gasteiger partial charge is 0.224 e. The molecule has 6 heteroatoms. The van der Waals surface area contributed by atoms with E-state index in [2.05, 4.69) is 5.32 Å². The Morgan fingerprint density at radius 2 is 1.72 bits per heavy atom. The fourth-order valence-electron chi connectivity index (χ4n) is 2.32. The molecule has 0 saturated carbocycles. The number of anilines is 1. The van der Waals surface area contributed by atoms with Gasteiger partial charge in [0, 0.05) is 41.3 Å². The highest BCUT2D eigenvalue weighted by atomic mass is 35.5. The highest BCUT2D eigenvalue weighted by Crippen LogP contribution is 2.20. The molecule has 132 valence electrons. The van der Waals surface area contributed by atoms with E-state index in [0.29, 0.717) is 15.6 Å². The normalized spacial score (nSPS) is 10.5. The maximum Gasteiger partial charge on any atom is 0.224 e. The monoisotopic (exact) mass is 377 g/mol. The molecule has 0 radical (unpaired) electrons. The Labute approximate surface area is 156 Å². The number of benzene rings is 1. The van der Waals surface area contributed by atoms with Crippen molar-refractivity contribution in [3.8, 4) is 0 Å². The fourth-order valence-corrected chi connectivity index (χ4v) is 3.38. The van der Waals surface area contributed by atoms with Crippen LogP contribution in [0.5, 0.6) is 0 Å². The van der Waals surface area contributed by atoms with Crippen LogP contribution in [0.15, 0.2) is 30.3 Å². The average Bonchev–Trinajstić information content (AvgIpc) is 3.00. The molecule has 0 bridgehead atoms. The van der Waals surface area contributed by atoms with Gasteiger partial charge in [0.25, 0.3) is 0 Å². The zero-order valence-corrected chi connectivity index (χ0v) is 15.8. The first-order chi connectivity index (χ1) is 11.8. The molecular formula is C19H20ClNO3S. The Bertz CT molecular complexity index is 798. The number of halogens is 1. The largest absolute Gasteiger partial charge is 0.326 e. The van der Waals surface area contributed by atoms with E-state index in [-0.39, 0.29) is 43.2 Å². The van der Waals surface area contributed by atoms with E-state index in [9.17, 15) is 14.4 Å². The topological polar surface area (TPSA) is 63.2 Å². The third-order valence-electron chi connectivity index (χ3n) is 3.74. The average molecular weight is 378 g/mol. The molecule has 1 heterocycles. The number of hydrogen-bond donors (Lipinski definition) is 1. The van der Waals surface area contributed by atoms with Crippen LogP contribution in [-0.2, 0) is 9.59 Å². The summed E-state index contributed by atoms with van der Waals surface area (Å²) in [5.74, 6) is -0.323. The summed E-state index contributed by atoms with van der Waals surface area (Å²) in [6.45, 7) is 3.79. The number of rotatable bonds is 8. The molecule has 0 spiro atoms. The van der Waals surface area contributed by atoms with Gasteiger partial charge in [0.1, 0.15) is 5.78 Å². The second kappa shape index (κ2) is 8.92. The Kier molecular flexibility index (Phi) is 6.91. The standard InChI is InChI=1S/C19H20ClNO3S/c1-12-11-14(20)4-7-16(12)21-19(24)10-6-15(22)5-8-17(23)18-9-3-13(2)25-18/h3-4,7,9,11H,5-6,8,10H2,1-2H3,(H,21,24). The summed E-state index contributed by atoms with van der Waals surface area (Å²) in [5, 5.41) is 3.38. The molecule has 1 N–H and O–H groups in total. The van der Waals surface area contributed by atoms with Crippen molar-refractivity contribution in [3.63, 3.8) is 0 Å². The quantitative estimate of drug-likeness (QED) is 0.660. The molecule has 2 rings (SSSR count). The van der Waals surface area contributed by atoms with Crippen LogP contribution in [-0.4, -0.2) is 17.5 Å². The zero-order valence-electron chi connectivity index (χ0n) is 14.2. The SMILES string of the molecule is Cc1ccc(C(=O)CCC(=O)CCC(=O)Nc2ccc(Cl)cc2C)s1. The van der Waals surface area contributed by atoms with Gasteiger partial charge in [0.15, 0.2) is 5.78 Å². The number of aryl methyl sites for hydroxylation is 2. The molecule has 0 saturated heterocycles. The third kappa shape index (κ3) is 6.11. The van der Waals surface area contributed by atoms with Crippen molar-refractivity contribution in [1.29, 1.82) is 0 Å². The van der Waals surface area contributed by atoms with Crippen molar-refractivity contribution < 1.29 is 14.4 Å². The molecule has 1 amide bonds. The maximum absolute atomic E-state index is 12.0. The number of nitrogens with one attached hydrogen (secondary N) is 1. The van der Waals surface area contributed by atoms with Gasteiger partial charge in [0.05, 0.1) is 4.88 Å². The Hall–Kier alpha value is -1.98. The van der Waals surface area contributed by atoms with Gasteiger partial charge in [-0.05, 0) is 49.7 Å². The minimum Gasteiger partial charge on any atom is -0.326 e. The van der Waals surface area contributed by atoms with E-state index in [4.69, 9.17) is 11.6 Å². The molecule has 0 fully saturated rings. The van der Waals surface area contributed by atoms with E-state index in [1.165, 1.54) is 11.3 Å². The van der Waals surface area contributed by atoms with Crippen LogP contribution in [0.1, 0.15) is 45.8 Å². The van der Waals surface area contributed by atoms with Crippen molar-refractivity contribution in [2.75, 3.05) is 5.32 Å². The van der Waals surface area contributed by atoms with Gasteiger partial charge in [-0.2, -0.15) is 0 Å². The highest BCUT2D eigenvalue weighted by Gasteiger charge is 2.13. The van der Waals surface area contributed by atoms with E-state index < -0.39 is 0 Å². The summed E-state index contributed by atoms with van der Waals surface area (Å²) in [6.07, 6.45) is 0.599. The lowest BCUT2D eigenvalue weighted by Crippen LogP contribution is -2.14. The fraction of sp³-hybridized carbons (Fsp3) is 0.316. The van der Waals surface area contributed by atoms with Crippen LogP contribution < -0.4 is 5.32 Å². The Morgan fingerprint density at radius 3 is 2.36 bits per heavy atom. The second-order valence-corrected chi connectivity index (χ2v) is 7.60. The first-order valence-electron chi connectivity index (χ1n) is 8.02. The van der Waals surface area contributed by atoms with Gasteiger partial charge in [-0.15, -0.1) is 11.3 Å². The number of carbonyl (C=O) groups is 3. The van der Waals surface area contributed by atoms with E-state index in [1.54, 1.807) is 24.3 Å². The lowest BCUT2D eigenvalue weighted by Gasteiger charge is -2.08. The minimum atomic E-state index is -0.223. The number of thiophene rings is 1. The number of ketones is 2. The third-order valence-corrected chi connectivity index (χ3v) is 5.02. The summed E-state index contributed by atoms with van der Waals surface area (Å²) < 4.78 is 0. The molecule has 25 heavy (non-hydrogen) atoms. The van der Waals surface area contributed by atoms with Crippen LogP contribution in [0.3, 0.4) is 0 Å². The predicted molar refractivity (Wildman–Crippen MR) is 102 cm³/mol. The van der Waals surface area contributed by atoms with Gasteiger partial charge in [0.2, 0.25) is 5.91 Å². The molecule has 0 aliphatic heterocycles. The van der Waals surface area contributed by atoms with E-state index in [0.717, 1.165) is 10.4 Å². The van der Waals surface area contributed by atoms with Crippen LogP contribution in [0.2, 0.25) is 5.02 Å². The lowest BCUT2D eigenvalue weighted by molar-refractivity contribution is -0.122. The van der Waals surface area contributed by atoms with Crippen LogP contribution in [0, 0.1) is 13.8 Å². The first-order valence-corrected chi connectivity index (χ1v) is 9.22. The zero-order chi connectivity index (χ0) is 18.4. The molecule has 0 aliphatic rings. The summed E-state index contributed by atoms with van der Waals surface area (Å²) >= 11 is 7.31. The van der Waals surface area contributed by atoms with Crippen molar-refractivity contribution in [2.24, 2.45) is 0 Å². The summed E-state index contributed by atoms with van der Waals surface area (Å²) in [6, 6.07) is 8.88. The molecule has 0 unspecified atom stereocenters. The molecule has 4 nitrogen and oxygen atoms in total. The summed E-state index contributed by atoms with van der Waals surface area (Å²) in [4.78, 5) is 37.6. The van der Waals surface area contributed by atoms with Crippen molar-refractivity contribution in [2.45, 2.75) is 39.5 Å². The van der Waals surface area contributed by atoms with E-state index in [1.807, 2.05) is 19.9 Å². The maximum atomic E-state index is 12.0. The first kappa shape index (κ1) is 19.3. The van der Waals surface area contributed by atoms with Crippen molar-refractivity contribution in [1.82, 2.24) is 0 Å². The number of hydrogen-bond acceptors (Lipinski definition) is 4. The second-order valence-electron chi connectivity index (χ2n) is 5.88. The Morgan fingerprint density at radius 1 is 1.00 bits per heavy atom. The van der Waals surface area contributed by atoms with Crippen LogP contribution in [0.25, 0.3) is 0 Å². The number of amides is 1. The molecule has 1 aromatic heterocycles. The molecule has 1 aromatic carbocycles. The molecule has 0 aliphatic carbocycles. The lowest BCUT2D eigenvalue weighted by atomic mass is 10.1. The summed E-state index contributed by atoms with van der Waals surface area (Å²) in [5.41, 5.74) is 1.55. The predicted octanol–water partition coefficient (Wildman–Crippen LogP) is 4.97. The van der Waals surface area contributed by atoms with Crippen LogP contribution >= 0.6 is 22.9 Å². The van der Waals surface area contributed by atoms with Gasteiger partial charge >= 0.3 is 0 Å². The van der Waals surface area contributed by atoms with Gasteiger partial charge in [-0.1, -0.05) is 11.6 Å². The van der Waals surface area contributed by atoms with Gasteiger partial charge < -0.3 is 5.32 Å². The number of Topliss-reactive ketones (excluding diaryl/α,β-unsaturated/α-hetero) is 2. The van der Waals surface area contributed by atoms with Crippen LogP contribution in [0.4, 0.5) is 5.69 Å². The Balaban J connectivity index is 1.74. The summed E-state index contributed by atoms with van der Waals surface area (Å²) in [7, 11) is 0. The number of carbonyl (C=O) groups excluding carboxylic acids is 3. The molecule has 0 atom stereocenters. The van der Waals surface area contributed by atoms with Gasteiger partial charge in [-0.25, -0.2) is 0 Å².